The van der Waals surface area contributed by atoms with Gasteiger partial charge in [-0.1, -0.05) is 23.7 Å². The van der Waals surface area contributed by atoms with Gasteiger partial charge in [0.25, 0.3) is 0 Å². The molecule has 0 radical (unpaired) electrons. The van der Waals surface area contributed by atoms with E-state index in [1.807, 2.05) is 63.7 Å². The smallest absolute Gasteiger partial charge is 0.337 e. The Labute approximate surface area is 208 Å². The van der Waals surface area contributed by atoms with Crippen molar-refractivity contribution >= 4 is 39.9 Å². The van der Waals surface area contributed by atoms with Gasteiger partial charge in [0.2, 0.25) is 0 Å². The Bertz CT molecular complexity index is 1350. The van der Waals surface area contributed by atoms with Crippen LogP contribution < -0.4 is 0 Å². The molecule has 1 aromatic carbocycles. The number of carboxylic acids is 1. The monoisotopic (exact) mass is 497 g/mol. The Kier molecular flexibility index (Phi) is 6.55. The van der Waals surface area contributed by atoms with Crippen molar-refractivity contribution in [1.82, 2.24) is 14.5 Å². The fraction of sp³-hybridized carbons (Fsp3) is 0.346. The van der Waals surface area contributed by atoms with E-state index < -0.39 is 17.7 Å². The number of rotatable bonds is 6. The van der Waals surface area contributed by atoms with Gasteiger partial charge >= 0.3 is 5.97 Å². The topological polar surface area (TPSA) is 77.2 Å². The molecule has 4 rings (SSSR count). The van der Waals surface area contributed by atoms with Gasteiger partial charge in [-0.15, -0.1) is 11.3 Å². The van der Waals surface area contributed by atoms with Crippen molar-refractivity contribution in [3.05, 3.63) is 68.4 Å². The minimum absolute atomic E-state index is 0.565. The molecule has 8 heteroatoms. The Balaban J connectivity index is 2.09. The van der Waals surface area contributed by atoms with Gasteiger partial charge in [0.05, 0.1) is 17.7 Å². The van der Waals surface area contributed by atoms with Crippen LogP contribution in [0.4, 0.5) is 0 Å². The van der Waals surface area contributed by atoms with E-state index in [1.54, 1.807) is 11.3 Å². The van der Waals surface area contributed by atoms with E-state index in [1.165, 1.54) is 0 Å². The zero-order valence-electron chi connectivity index (χ0n) is 20.1. The van der Waals surface area contributed by atoms with Crippen molar-refractivity contribution in [3.63, 3.8) is 0 Å². The van der Waals surface area contributed by atoms with Crippen LogP contribution >= 0.6 is 22.9 Å². The second-order valence-corrected chi connectivity index (χ2v) is 10.8. The van der Waals surface area contributed by atoms with Crippen molar-refractivity contribution in [1.29, 1.82) is 0 Å². The number of aliphatic carboxylic acids is 1. The molecule has 0 spiro atoms. The number of hydrogen-bond acceptors (Lipinski definition) is 5. The van der Waals surface area contributed by atoms with Crippen LogP contribution in [0.15, 0.2) is 36.0 Å². The van der Waals surface area contributed by atoms with Crippen LogP contribution in [-0.4, -0.2) is 31.2 Å². The summed E-state index contributed by atoms with van der Waals surface area (Å²) in [5, 5.41) is 11.8. The maximum Gasteiger partial charge on any atom is 0.337 e. The molecule has 0 aliphatic carbocycles. The first-order valence-electron chi connectivity index (χ1n) is 11.0. The lowest BCUT2D eigenvalue weighted by Crippen LogP contribution is -2.28. The molecule has 34 heavy (non-hydrogen) atoms. The Hall–Kier alpha value is -2.74. The molecule has 0 amide bonds. The highest BCUT2D eigenvalue weighted by Crippen LogP contribution is 2.42. The maximum absolute atomic E-state index is 12.5. The normalized spacial score (nSPS) is 12.9. The van der Waals surface area contributed by atoms with Crippen molar-refractivity contribution in [2.45, 2.75) is 59.8 Å². The average molecular weight is 498 g/mol. The standard InChI is InChI=1S/C26H28ClN3O3S/c1-14-16(3)30(12-19-11-28-13-34-19)24-20(14)22(17-7-9-18(27)10-8-17)21(15(2)29-24)23(25(31)32)33-26(4,5)6/h7-11,13,23H,12H2,1-6H3,(H,31,32)/t23-/m1/s1. The van der Waals surface area contributed by atoms with Crippen LogP contribution in [0.25, 0.3) is 22.2 Å². The minimum atomic E-state index is -1.17. The van der Waals surface area contributed by atoms with E-state index in [2.05, 4.69) is 23.4 Å². The third-order valence-corrected chi connectivity index (χ3v) is 6.89. The molecule has 178 valence electrons. The van der Waals surface area contributed by atoms with Gasteiger partial charge in [-0.25, -0.2) is 9.78 Å². The SMILES string of the molecule is Cc1nc2c(c(C)c(C)n2Cc2cncs2)c(-c2ccc(Cl)cc2)c1[C@@H](OC(C)(C)C)C(=O)O. The molecule has 4 aromatic rings. The molecule has 1 N–H and O–H groups in total. The highest BCUT2D eigenvalue weighted by Gasteiger charge is 2.33. The molecule has 6 nitrogen and oxygen atoms in total. The summed E-state index contributed by atoms with van der Waals surface area (Å²) >= 11 is 7.79. The fourth-order valence-corrected chi connectivity index (χ4v) is 5.00. The number of pyridine rings is 1. The molecule has 3 heterocycles. The molecule has 0 aliphatic rings. The summed E-state index contributed by atoms with van der Waals surface area (Å²) in [4.78, 5) is 22.8. The highest BCUT2D eigenvalue weighted by molar-refractivity contribution is 7.09. The summed E-state index contributed by atoms with van der Waals surface area (Å²) in [5.41, 5.74) is 6.98. The average Bonchev–Trinajstić information content (AvgIpc) is 3.34. The lowest BCUT2D eigenvalue weighted by Gasteiger charge is -2.28. The summed E-state index contributed by atoms with van der Waals surface area (Å²) in [6.45, 7) is 12.2. The van der Waals surface area contributed by atoms with E-state index in [0.717, 1.165) is 38.3 Å². The summed E-state index contributed by atoms with van der Waals surface area (Å²) in [5.74, 6) is -1.05. The van der Waals surface area contributed by atoms with Crippen LogP contribution in [0.1, 0.15) is 54.3 Å². The molecular weight excluding hydrogens is 470 g/mol. The quantitative estimate of drug-likeness (QED) is 0.319. The second-order valence-electron chi connectivity index (χ2n) is 9.40. The van der Waals surface area contributed by atoms with Crippen molar-refractivity contribution in [3.8, 4) is 11.1 Å². The first-order chi connectivity index (χ1) is 16.0. The van der Waals surface area contributed by atoms with Crippen molar-refractivity contribution in [2.75, 3.05) is 0 Å². The van der Waals surface area contributed by atoms with E-state index in [9.17, 15) is 9.90 Å². The summed E-state index contributed by atoms with van der Waals surface area (Å²) in [6, 6.07) is 7.48. The third kappa shape index (κ3) is 4.60. The van der Waals surface area contributed by atoms with Gasteiger partial charge in [-0.3, -0.25) is 4.98 Å². The van der Waals surface area contributed by atoms with E-state index in [4.69, 9.17) is 21.3 Å². The number of carboxylic acid groups (broad SMARTS) is 1. The van der Waals surface area contributed by atoms with Gasteiger partial charge in [-0.05, 0) is 64.8 Å². The largest absolute Gasteiger partial charge is 0.479 e. The highest BCUT2D eigenvalue weighted by atomic mass is 35.5. The fourth-order valence-electron chi connectivity index (χ4n) is 4.29. The summed E-state index contributed by atoms with van der Waals surface area (Å²) < 4.78 is 8.26. The Morgan fingerprint density at radius 3 is 2.44 bits per heavy atom. The molecule has 0 saturated carbocycles. The van der Waals surface area contributed by atoms with Crippen LogP contribution in [0.5, 0.6) is 0 Å². The lowest BCUT2D eigenvalue weighted by atomic mass is 9.91. The predicted octanol–water partition coefficient (Wildman–Crippen LogP) is 6.73. The summed E-state index contributed by atoms with van der Waals surface area (Å²) in [7, 11) is 0. The molecule has 0 bridgehead atoms. The number of aromatic nitrogens is 3. The first-order valence-corrected chi connectivity index (χ1v) is 12.3. The number of benzene rings is 1. The first kappa shape index (κ1) is 24.4. The predicted molar refractivity (Wildman–Crippen MR) is 137 cm³/mol. The van der Waals surface area contributed by atoms with Crippen LogP contribution in [0.2, 0.25) is 5.02 Å². The summed E-state index contributed by atoms with van der Waals surface area (Å²) in [6.07, 6.45) is 0.691. The zero-order chi connectivity index (χ0) is 24.8. The van der Waals surface area contributed by atoms with Gasteiger partial charge in [-0.2, -0.15) is 0 Å². The molecular formula is C26H28ClN3O3S. The van der Waals surface area contributed by atoms with E-state index >= 15 is 0 Å². The second kappa shape index (κ2) is 9.13. The molecule has 0 unspecified atom stereocenters. The van der Waals surface area contributed by atoms with Gasteiger partial charge < -0.3 is 14.4 Å². The Morgan fingerprint density at radius 2 is 1.88 bits per heavy atom. The molecule has 3 aromatic heterocycles. The number of aryl methyl sites for hydroxylation is 2. The number of nitrogens with zero attached hydrogens (tertiary/aromatic N) is 3. The van der Waals surface area contributed by atoms with Gasteiger partial charge in [0.1, 0.15) is 5.65 Å². The van der Waals surface area contributed by atoms with Gasteiger partial charge in [0, 0.05) is 44.0 Å². The number of carbonyl (C=O) groups is 1. The molecule has 0 aliphatic heterocycles. The van der Waals surface area contributed by atoms with Crippen molar-refractivity contribution in [2.24, 2.45) is 0 Å². The third-order valence-electron chi connectivity index (χ3n) is 5.87. The molecule has 0 saturated heterocycles. The molecule has 0 fully saturated rings. The maximum atomic E-state index is 12.5. The van der Waals surface area contributed by atoms with Crippen LogP contribution in [-0.2, 0) is 16.1 Å². The number of thiazole rings is 1. The van der Waals surface area contributed by atoms with Crippen LogP contribution in [0.3, 0.4) is 0 Å². The van der Waals surface area contributed by atoms with Crippen molar-refractivity contribution < 1.29 is 14.6 Å². The number of hydrogen-bond donors (Lipinski definition) is 1. The van der Waals surface area contributed by atoms with E-state index in [0.29, 0.717) is 22.8 Å². The number of fused-ring (bicyclic) bond motifs is 1. The minimum Gasteiger partial charge on any atom is -0.479 e. The number of halogens is 1. The zero-order valence-corrected chi connectivity index (χ0v) is 21.7. The van der Waals surface area contributed by atoms with E-state index in [-0.39, 0.29) is 0 Å². The lowest BCUT2D eigenvalue weighted by molar-refractivity contribution is -0.160. The van der Waals surface area contributed by atoms with Crippen LogP contribution in [0, 0.1) is 20.8 Å². The van der Waals surface area contributed by atoms with Gasteiger partial charge in [0.15, 0.2) is 6.10 Å². The number of ether oxygens (including phenoxy) is 1. The Morgan fingerprint density at radius 1 is 1.21 bits per heavy atom. The molecule has 1 atom stereocenters.